The van der Waals surface area contributed by atoms with Crippen molar-refractivity contribution >= 4 is 22.8 Å². The number of piperidine rings is 1. The Bertz CT molecular complexity index is 644. The zero-order valence-electron chi connectivity index (χ0n) is 12.5. The van der Waals surface area contributed by atoms with Crippen molar-refractivity contribution in [1.82, 2.24) is 14.5 Å². The first-order valence-electron chi connectivity index (χ1n) is 7.38. The van der Waals surface area contributed by atoms with Gasteiger partial charge in [0.1, 0.15) is 5.52 Å². The van der Waals surface area contributed by atoms with E-state index >= 15 is 0 Å². The van der Waals surface area contributed by atoms with Gasteiger partial charge in [0.2, 0.25) is 0 Å². The summed E-state index contributed by atoms with van der Waals surface area (Å²) in [5, 5.41) is 0. The first kappa shape index (κ1) is 13.9. The van der Waals surface area contributed by atoms with Crippen molar-refractivity contribution in [2.75, 3.05) is 24.6 Å². The van der Waals surface area contributed by atoms with Crippen LogP contribution in [0, 0.1) is 5.92 Å². The highest BCUT2D eigenvalue weighted by Gasteiger charge is 2.27. The third-order valence-electron chi connectivity index (χ3n) is 4.04. The molecule has 1 saturated heterocycles. The highest BCUT2D eigenvalue weighted by molar-refractivity contribution is 5.86. The Morgan fingerprint density at radius 3 is 2.86 bits per heavy atom. The largest absolute Gasteiger partial charge is 0.466 e. The second-order valence-electron chi connectivity index (χ2n) is 5.37. The Morgan fingerprint density at radius 2 is 2.14 bits per heavy atom. The van der Waals surface area contributed by atoms with Gasteiger partial charge in [-0.1, -0.05) is 0 Å². The maximum absolute atomic E-state index is 11.8. The van der Waals surface area contributed by atoms with Crippen LogP contribution in [0.5, 0.6) is 0 Å². The van der Waals surface area contributed by atoms with Crippen LogP contribution in [-0.2, 0) is 16.6 Å². The molecule has 0 saturated carbocycles. The lowest BCUT2D eigenvalue weighted by molar-refractivity contribution is -0.148. The molecule has 3 rings (SSSR count). The molecular weight excluding hydrogens is 268 g/mol. The van der Waals surface area contributed by atoms with E-state index in [9.17, 15) is 4.79 Å². The van der Waals surface area contributed by atoms with Gasteiger partial charge in [-0.3, -0.25) is 4.79 Å². The van der Waals surface area contributed by atoms with E-state index in [1.807, 2.05) is 30.8 Å². The second-order valence-corrected chi connectivity index (χ2v) is 5.37. The summed E-state index contributed by atoms with van der Waals surface area (Å²) >= 11 is 0. The van der Waals surface area contributed by atoms with Gasteiger partial charge in [-0.05, 0) is 25.8 Å². The number of hydrogen-bond donors (Lipinski definition) is 0. The molecule has 0 radical (unpaired) electrons. The van der Waals surface area contributed by atoms with E-state index in [1.165, 1.54) is 0 Å². The van der Waals surface area contributed by atoms with Gasteiger partial charge in [0.15, 0.2) is 5.82 Å². The Morgan fingerprint density at radius 1 is 1.38 bits per heavy atom. The van der Waals surface area contributed by atoms with Crippen LogP contribution in [0.4, 0.5) is 5.82 Å². The van der Waals surface area contributed by atoms with Gasteiger partial charge < -0.3 is 14.2 Å². The summed E-state index contributed by atoms with van der Waals surface area (Å²) in [7, 11) is 1.98. The van der Waals surface area contributed by atoms with Crippen LogP contribution < -0.4 is 4.90 Å². The quantitative estimate of drug-likeness (QED) is 0.805. The lowest BCUT2D eigenvalue weighted by Gasteiger charge is -2.31. The Hall–Kier alpha value is -2.11. The van der Waals surface area contributed by atoms with Crippen LogP contribution in [0.15, 0.2) is 18.6 Å². The van der Waals surface area contributed by atoms with Crippen LogP contribution in [0.1, 0.15) is 19.8 Å². The molecule has 6 heteroatoms. The number of anilines is 1. The minimum absolute atomic E-state index is 0.0177. The first-order chi connectivity index (χ1) is 10.2. The van der Waals surface area contributed by atoms with Gasteiger partial charge >= 0.3 is 5.97 Å². The fourth-order valence-electron chi connectivity index (χ4n) is 2.87. The molecule has 2 aromatic heterocycles. The minimum atomic E-state index is -0.0684. The highest BCUT2D eigenvalue weighted by Crippen LogP contribution is 2.27. The third-order valence-corrected chi connectivity index (χ3v) is 4.04. The number of fused-ring (bicyclic) bond motifs is 1. The molecule has 0 amide bonds. The minimum Gasteiger partial charge on any atom is -0.466 e. The molecule has 0 bridgehead atoms. The predicted molar refractivity (Wildman–Crippen MR) is 80.1 cm³/mol. The molecular formula is C15H20N4O2. The molecule has 0 N–H and O–H groups in total. The summed E-state index contributed by atoms with van der Waals surface area (Å²) in [6.45, 7) is 3.92. The normalized spacial score (nSPS) is 16.4. The molecule has 3 heterocycles. The standard InChI is InChI=1S/C15H20N4O2/c1-3-21-15(20)11-5-8-19(9-6-11)14-13-12(4-7-16-14)18(2)10-17-13/h4,7,10-11H,3,5-6,8-9H2,1-2H3. The van der Waals surface area contributed by atoms with Crippen LogP contribution in [0.2, 0.25) is 0 Å². The van der Waals surface area contributed by atoms with Gasteiger partial charge in [0.05, 0.1) is 24.4 Å². The monoisotopic (exact) mass is 288 g/mol. The Balaban J connectivity index is 1.75. The second kappa shape index (κ2) is 5.71. The molecule has 1 aliphatic rings. The van der Waals surface area contributed by atoms with Crippen molar-refractivity contribution in [2.45, 2.75) is 19.8 Å². The predicted octanol–water partition coefficient (Wildman–Crippen LogP) is 1.75. The van der Waals surface area contributed by atoms with Crippen molar-refractivity contribution in [3.8, 4) is 0 Å². The average Bonchev–Trinajstić information content (AvgIpc) is 2.89. The zero-order chi connectivity index (χ0) is 14.8. The molecule has 0 unspecified atom stereocenters. The SMILES string of the molecule is CCOC(=O)C1CCN(c2nccc3c2ncn3C)CC1. The number of carbonyl (C=O) groups is 1. The van der Waals surface area contributed by atoms with Gasteiger partial charge in [0, 0.05) is 26.3 Å². The molecule has 1 fully saturated rings. The van der Waals surface area contributed by atoms with E-state index in [-0.39, 0.29) is 11.9 Å². The summed E-state index contributed by atoms with van der Waals surface area (Å²) < 4.78 is 7.10. The van der Waals surface area contributed by atoms with E-state index in [0.29, 0.717) is 6.61 Å². The van der Waals surface area contributed by atoms with Crippen molar-refractivity contribution in [2.24, 2.45) is 13.0 Å². The smallest absolute Gasteiger partial charge is 0.309 e. The van der Waals surface area contributed by atoms with E-state index < -0.39 is 0 Å². The molecule has 112 valence electrons. The molecule has 2 aromatic rings. The van der Waals surface area contributed by atoms with Crippen LogP contribution in [-0.4, -0.2) is 40.2 Å². The molecule has 0 atom stereocenters. The summed E-state index contributed by atoms with van der Waals surface area (Å²) in [5.41, 5.74) is 2.00. The summed E-state index contributed by atoms with van der Waals surface area (Å²) in [6, 6.07) is 1.97. The van der Waals surface area contributed by atoms with Crippen molar-refractivity contribution in [3.05, 3.63) is 18.6 Å². The number of aryl methyl sites for hydroxylation is 1. The summed E-state index contributed by atoms with van der Waals surface area (Å²) in [5.74, 6) is 0.862. The third kappa shape index (κ3) is 2.57. The van der Waals surface area contributed by atoms with E-state index in [0.717, 1.165) is 42.8 Å². The number of pyridine rings is 1. The van der Waals surface area contributed by atoms with Gasteiger partial charge in [-0.2, -0.15) is 0 Å². The Labute approximate surface area is 123 Å². The van der Waals surface area contributed by atoms with Crippen LogP contribution in [0.3, 0.4) is 0 Å². The molecule has 1 aliphatic heterocycles. The fourth-order valence-corrected chi connectivity index (χ4v) is 2.87. The average molecular weight is 288 g/mol. The summed E-state index contributed by atoms with van der Waals surface area (Å²) in [6.07, 6.45) is 5.24. The number of imidazole rings is 1. The van der Waals surface area contributed by atoms with Crippen LogP contribution >= 0.6 is 0 Å². The van der Waals surface area contributed by atoms with E-state index in [4.69, 9.17) is 4.74 Å². The fraction of sp³-hybridized carbons (Fsp3) is 0.533. The molecule has 0 aliphatic carbocycles. The molecule has 6 nitrogen and oxygen atoms in total. The van der Waals surface area contributed by atoms with Crippen molar-refractivity contribution < 1.29 is 9.53 Å². The maximum Gasteiger partial charge on any atom is 0.309 e. The number of aromatic nitrogens is 3. The highest BCUT2D eigenvalue weighted by atomic mass is 16.5. The lowest BCUT2D eigenvalue weighted by Crippen LogP contribution is -2.37. The number of ether oxygens (including phenoxy) is 1. The summed E-state index contributed by atoms with van der Waals surface area (Å²) in [4.78, 5) is 22.9. The van der Waals surface area contributed by atoms with Crippen LogP contribution in [0.25, 0.3) is 11.0 Å². The number of carbonyl (C=O) groups excluding carboxylic acids is 1. The lowest BCUT2D eigenvalue weighted by atomic mass is 9.97. The number of hydrogen-bond acceptors (Lipinski definition) is 5. The van der Waals surface area contributed by atoms with E-state index in [1.54, 1.807) is 6.33 Å². The first-order valence-corrected chi connectivity index (χ1v) is 7.38. The molecule has 0 aromatic carbocycles. The van der Waals surface area contributed by atoms with Gasteiger partial charge in [0.25, 0.3) is 0 Å². The molecule has 21 heavy (non-hydrogen) atoms. The number of esters is 1. The van der Waals surface area contributed by atoms with Gasteiger partial charge in [-0.15, -0.1) is 0 Å². The maximum atomic E-state index is 11.8. The Kier molecular flexibility index (Phi) is 3.77. The van der Waals surface area contributed by atoms with E-state index in [2.05, 4.69) is 14.9 Å². The molecule has 0 spiro atoms. The zero-order valence-corrected chi connectivity index (χ0v) is 12.5. The topological polar surface area (TPSA) is 60.2 Å². The van der Waals surface area contributed by atoms with Crippen molar-refractivity contribution in [1.29, 1.82) is 0 Å². The number of rotatable bonds is 3. The van der Waals surface area contributed by atoms with Gasteiger partial charge in [-0.25, -0.2) is 9.97 Å². The van der Waals surface area contributed by atoms with Crippen molar-refractivity contribution in [3.63, 3.8) is 0 Å². The number of nitrogens with zero attached hydrogens (tertiary/aromatic N) is 4.